The molecule has 1 atom stereocenters. The Morgan fingerprint density at radius 2 is 1.91 bits per heavy atom. The smallest absolute Gasteiger partial charge is 0.211 e. The van der Waals surface area contributed by atoms with Crippen LogP contribution in [0.25, 0.3) is 10.8 Å². The molecule has 0 amide bonds. The Balaban J connectivity index is 1.79. The van der Waals surface area contributed by atoms with Gasteiger partial charge in [-0.25, -0.2) is 8.57 Å². The summed E-state index contributed by atoms with van der Waals surface area (Å²) in [7, 11) is -3.80. The zero-order chi connectivity index (χ0) is 15.4. The van der Waals surface area contributed by atoms with Gasteiger partial charge in [0.15, 0.2) is 0 Å². The summed E-state index contributed by atoms with van der Waals surface area (Å²) in [5.41, 5.74) is 1.32. The van der Waals surface area contributed by atoms with Crippen molar-refractivity contribution in [1.82, 2.24) is 0 Å². The van der Waals surface area contributed by atoms with Gasteiger partial charge in [-0.15, -0.1) is 3.89 Å². The summed E-state index contributed by atoms with van der Waals surface area (Å²) < 4.78 is 30.5. The molecule has 2 nitrogen and oxygen atoms in total. The third-order valence-corrected chi connectivity index (χ3v) is 5.44. The fourth-order valence-electron chi connectivity index (χ4n) is 2.84. The molecule has 0 aromatic heterocycles. The molecule has 0 aliphatic heterocycles. The zero-order valence-corrected chi connectivity index (χ0v) is 13.3. The first-order valence-corrected chi connectivity index (χ1v) is 9.16. The number of fused-ring (bicyclic) bond motifs is 1. The van der Waals surface area contributed by atoms with Crippen LogP contribution in [0.1, 0.15) is 32.1 Å². The SMILES string of the molecule is O=[S@](F)(=NCCC1=CCCCC1)c1ccc2ccccc2c1. The maximum Gasteiger partial charge on any atom is 0.230 e. The van der Waals surface area contributed by atoms with Crippen LogP contribution in [0, 0.1) is 0 Å². The Kier molecular flexibility index (Phi) is 4.57. The molecule has 0 spiro atoms. The monoisotopic (exact) mass is 317 g/mol. The molecule has 0 saturated heterocycles. The standard InChI is InChI=1S/C18H20FNOS/c19-22(21,20-13-12-15-6-2-1-3-7-15)18-11-10-16-8-4-5-9-17(16)14-18/h4-6,8-11,14H,1-3,7,12-13H2/t22-/m1/s1. The van der Waals surface area contributed by atoms with Gasteiger partial charge in [0, 0.05) is 0 Å². The number of halogens is 1. The Labute approximate surface area is 131 Å². The number of allylic oxidation sites excluding steroid dienone is 1. The van der Waals surface area contributed by atoms with Crippen molar-refractivity contribution in [2.24, 2.45) is 4.36 Å². The number of nitrogens with zero attached hydrogens (tertiary/aromatic N) is 1. The van der Waals surface area contributed by atoms with E-state index in [1.807, 2.05) is 24.3 Å². The van der Waals surface area contributed by atoms with Crippen molar-refractivity contribution in [1.29, 1.82) is 0 Å². The molecular formula is C18H20FNOS. The Morgan fingerprint density at radius 3 is 2.68 bits per heavy atom. The fourth-order valence-corrected chi connectivity index (χ4v) is 3.82. The molecule has 116 valence electrons. The van der Waals surface area contributed by atoms with Crippen molar-refractivity contribution in [3.8, 4) is 0 Å². The first-order chi connectivity index (χ1) is 10.6. The highest BCUT2D eigenvalue weighted by molar-refractivity contribution is 7.88. The molecule has 0 unspecified atom stereocenters. The fraction of sp³-hybridized carbons (Fsp3) is 0.333. The predicted octanol–water partition coefficient (Wildman–Crippen LogP) is 5.44. The van der Waals surface area contributed by atoms with E-state index in [4.69, 9.17) is 0 Å². The average molecular weight is 317 g/mol. The molecule has 0 heterocycles. The van der Waals surface area contributed by atoms with Gasteiger partial charge in [0.05, 0.1) is 11.4 Å². The van der Waals surface area contributed by atoms with Crippen LogP contribution in [0.4, 0.5) is 3.89 Å². The molecule has 0 radical (unpaired) electrons. The molecule has 22 heavy (non-hydrogen) atoms. The lowest BCUT2D eigenvalue weighted by atomic mass is 9.97. The van der Waals surface area contributed by atoms with Gasteiger partial charge < -0.3 is 0 Å². The molecule has 1 aliphatic carbocycles. The van der Waals surface area contributed by atoms with Crippen molar-refractivity contribution < 1.29 is 8.09 Å². The van der Waals surface area contributed by atoms with Gasteiger partial charge in [-0.2, -0.15) is 0 Å². The first-order valence-electron chi connectivity index (χ1n) is 7.74. The number of hydrogen-bond acceptors (Lipinski definition) is 2. The maximum absolute atomic E-state index is 14.4. The minimum absolute atomic E-state index is 0.170. The number of benzene rings is 2. The molecule has 4 heteroatoms. The van der Waals surface area contributed by atoms with Gasteiger partial charge in [0.1, 0.15) is 0 Å². The van der Waals surface area contributed by atoms with E-state index in [-0.39, 0.29) is 11.4 Å². The van der Waals surface area contributed by atoms with Gasteiger partial charge in [-0.05, 0) is 55.0 Å². The molecule has 0 bridgehead atoms. The normalized spacial score (nSPS) is 17.8. The van der Waals surface area contributed by atoms with Gasteiger partial charge in [-0.3, -0.25) is 0 Å². The number of hydrogen-bond donors (Lipinski definition) is 0. The van der Waals surface area contributed by atoms with Gasteiger partial charge in [0.25, 0.3) is 0 Å². The van der Waals surface area contributed by atoms with Gasteiger partial charge >= 0.3 is 0 Å². The summed E-state index contributed by atoms with van der Waals surface area (Å²) in [5, 5.41) is 1.89. The van der Waals surface area contributed by atoms with Crippen molar-refractivity contribution in [2.75, 3.05) is 6.54 Å². The van der Waals surface area contributed by atoms with Crippen LogP contribution >= 0.6 is 0 Å². The van der Waals surface area contributed by atoms with Crippen LogP contribution in [-0.2, 0) is 10.1 Å². The van der Waals surface area contributed by atoms with E-state index in [0.717, 1.165) is 23.6 Å². The lowest BCUT2D eigenvalue weighted by Crippen LogP contribution is -1.98. The molecule has 1 aliphatic rings. The molecule has 2 aromatic rings. The lowest BCUT2D eigenvalue weighted by molar-refractivity contribution is 0.633. The highest BCUT2D eigenvalue weighted by Crippen LogP contribution is 2.23. The minimum Gasteiger partial charge on any atom is -0.211 e. The second-order valence-corrected chi connectivity index (χ2v) is 7.32. The van der Waals surface area contributed by atoms with Crippen molar-refractivity contribution in [2.45, 2.75) is 37.0 Å². The van der Waals surface area contributed by atoms with E-state index in [9.17, 15) is 8.09 Å². The molecule has 0 saturated carbocycles. The third-order valence-electron chi connectivity index (χ3n) is 4.09. The van der Waals surface area contributed by atoms with E-state index in [0.29, 0.717) is 6.42 Å². The summed E-state index contributed by atoms with van der Waals surface area (Å²) in [5.74, 6) is 0. The van der Waals surface area contributed by atoms with Crippen LogP contribution in [0.5, 0.6) is 0 Å². The number of rotatable bonds is 4. The first kappa shape index (κ1) is 15.2. The summed E-state index contributed by atoms with van der Waals surface area (Å²) in [6.45, 7) is 0.286. The largest absolute Gasteiger partial charge is 0.230 e. The molecule has 3 rings (SSSR count). The Hall–Kier alpha value is -1.68. The van der Waals surface area contributed by atoms with Crippen molar-refractivity contribution in [3.63, 3.8) is 0 Å². The quantitative estimate of drug-likeness (QED) is 0.545. The summed E-state index contributed by atoms with van der Waals surface area (Å²) in [6.07, 6.45) is 7.53. The van der Waals surface area contributed by atoms with Crippen LogP contribution < -0.4 is 0 Å². The van der Waals surface area contributed by atoms with Crippen LogP contribution in [0.3, 0.4) is 0 Å². The molecule has 0 N–H and O–H groups in total. The minimum atomic E-state index is -3.80. The average Bonchev–Trinajstić information content (AvgIpc) is 2.55. The highest BCUT2D eigenvalue weighted by Gasteiger charge is 2.11. The van der Waals surface area contributed by atoms with E-state index in [1.165, 1.54) is 18.4 Å². The highest BCUT2D eigenvalue weighted by atomic mass is 32.3. The second-order valence-electron chi connectivity index (χ2n) is 5.68. The molecular weight excluding hydrogens is 297 g/mol. The third kappa shape index (κ3) is 3.55. The van der Waals surface area contributed by atoms with Crippen molar-refractivity contribution >= 4 is 20.9 Å². The Morgan fingerprint density at radius 1 is 1.09 bits per heavy atom. The summed E-state index contributed by atoms with van der Waals surface area (Å²) in [6, 6.07) is 12.7. The topological polar surface area (TPSA) is 29.4 Å². The lowest BCUT2D eigenvalue weighted by Gasteiger charge is -2.11. The van der Waals surface area contributed by atoms with Gasteiger partial charge in [0.2, 0.25) is 10.1 Å². The van der Waals surface area contributed by atoms with E-state index < -0.39 is 10.1 Å². The zero-order valence-electron chi connectivity index (χ0n) is 12.5. The molecule has 2 aromatic carbocycles. The van der Waals surface area contributed by atoms with Crippen LogP contribution in [-0.4, -0.2) is 10.8 Å². The second kappa shape index (κ2) is 6.61. The van der Waals surface area contributed by atoms with Crippen LogP contribution in [0.15, 0.2) is 63.4 Å². The van der Waals surface area contributed by atoms with Crippen LogP contribution in [0.2, 0.25) is 0 Å². The van der Waals surface area contributed by atoms with E-state index in [2.05, 4.69) is 10.4 Å². The van der Waals surface area contributed by atoms with E-state index in [1.54, 1.807) is 18.2 Å². The maximum atomic E-state index is 14.4. The molecule has 0 fully saturated rings. The summed E-state index contributed by atoms with van der Waals surface area (Å²) >= 11 is 0. The van der Waals surface area contributed by atoms with Gasteiger partial charge in [-0.1, -0.05) is 42.0 Å². The predicted molar refractivity (Wildman–Crippen MR) is 89.9 cm³/mol. The van der Waals surface area contributed by atoms with Crippen molar-refractivity contribution in [3.05, 3.63) is 54.1 Å². The van der Waals surface area contributed by atoms with E-state index >= 15 is 0 Å². The Bertz CT molecular complexity index is 819. The summed E-state index contributed by atoms with van der Waals surface area (Å²) in [4.78, 5) is 0.170.